The number of allylic oxidation sites excluding steroid dienone is 1. The van der Waals surface area contributed by atoms with Crippen molar-refractivity contribution in [3.05, 3.63) is 35.3 Å². The van der Waals surface area contributed by atoms with Gasteiger partial charge in [0.2, 0.25) is 0 Å². The zero-order valence-electron chi connectivity index (χ0n) is 22.1. The largest absolute Gasteiger partial charge is 0.800 e. The van der Waals surface area contributed by atoms with Gasteiger partial charge in [-0.05, 0) is 39.8 Å². The van der Waals surface area contributed by atoms with Crippen molar-refractivity contribution in [3.8, 4) is 0 Å². The van der Waals surface area contributed by atoms with Gasteiger partial charge in [-0.25, -0.2) is 9.18 Å². The number of alkyl halides is 4. The number of nitrogens with zero attached hydrogens (tertiary/aromatic N) is 7. The normalized spacial score (nSPS) is 20.4. The van der Waals surface area contributed by atoms with E-state index < -0.39 is 23.5 Å². The Balaban J connectivity index is 1.39. The lowest BCUT2D eigenvalue weighted by atomic mass is 9.99. The van der Waals surface area contributed by atoms with Crippen molar-refractivity contribution in [1.29, 1.82) is 0 Å². The lowest BCUT2D eigenvalue weighted by Crippen LogP contribution is -2.58. The molecule has 1 spiro atoms. The molecule has 1 aliphatic carbocycles. The number of fused-ring (bicyclic) bond motifs is 1. The first kappa shape index (κ1) is 27.2. The molecule has 2 saturated heterocycles. The number of hydrogen-bond acceptors (Lipinski definition) is 6. The van der Waals surface area contributed by atoms with Gasteiger partial charge in [-0.15, -0.1) is 5.71 Å². The van der Waals surface area contributed by atoms with Crippen molar-refractivity contribution in [3.63, 3.8) is 0 Å². The molecule has 2 aromatic rings. The summed E-state index contributed by atoms with van der Waals surface area (Å²) in [5.41, 5.74) is 3.84. The predicted molar refractivity (Wildman–Crippen MR) is 139 cm³/mol. The highest BCUT2D eigenvalue weighted by Gasteiger charge is 2.52. The molecule has 0 bridgehead atoms. The van der Waals surface area contributed by atoms with E-state index in [0.29, 0.717) is 17.4 Å². The zero-order valence-corrected chi connectivity index (χ0v) is 22.1. The van der Waals surface area contributed by atoms with Crippen molar-refractivity contribution >= 4 is 28.5 Å². The van der Waals surface area contributed by atoms with E-state index in [4.69, 9.17) is 5.73 Å². The summed E-state index contributed by atoms with van der Waals surface area (Å²) in [4.78, 5) is 22.8. The topological polar surface area (TPSA) is 118 Å². The van der Waals surface area contributed by atoms with Crippen LogP contribution in [0.2, 0.25) is 0 Å². The number of aromatic nitrogens is 3. The number of nitrogens with one attached hydrogen (secondary N) is 1. The summed E-state index contributed by atoms with van der Waals surface area (Å²) in [6, 6.07) is 1.08. The Hall–Kier alpha value is -3.42. The van der Waals surface area contributed by atoms with Gasteiger partial charge in [0.15, 0.2) is 5.82 Å². The number of likely N-dealkylation sites (N-methyl/N-ethyl adjacent to an activating group) is 1. The van der Waals surface area contributed by atoms with Crippen LogP contribution in [0, 0.1) is 5.92 Å². The maximum absolute atomic E-state index is 14.6. The monoisotopic (exact) mass is 550 g/mol. The van der Waals surface area contributed by atoms with Gasteiger partial charge >= 0.3 is 12.2 Å². The molecule has 3 N–H and O–H groups in total. The second-order valence-electron chi connectivity index (χ2n) is 11.4. The Labute approximate surface area is 223 Å². The Morgan fingerprint density at radius 2 is 1.95 bits per heavy atom. The third-order valence-corrected chi connectivity index (χ3v) is 7.61. The highest BCUT2D eigenvalue weighted by Crippen LogP contribution is 2.44. The number of pyridine rings is 1. The van der Waals surface area contributed by atoms with Crippen molar-refractivity contribution < 1.29 is 22.4 Å². The molecule has 212 valence electrons. The standard InChI is InChI=1S/C25H32F4N9O/c1-23(2,26)13-38-19-8-17(32-10-16(19)21(34-38)36-11-15(12-36)25(27,28)29)20(31)18(9-30)33-22(39)37-7-6-35(3)14-24(37)4-5-24/h8-10,15H,4-7,11-14,30H2,1-3H3,(H,33,39)/q-1/b18-9+. The van der Waals surface area contributed by atoms with Gasteiger partial charge < -0.3 is 31.2 Å². The molecule has 2 amide bonds. The van der Waals surface area contributed by atoms with Gasteiger partial charge in [-0.1, -0.05) is 0 Å². The molecule has 0 radical (unpaired) electrons. The number of nitrogens with two attached hydrogens (primary N) is 1. The molecular weight excluding hydrogens is 518 g/mol. The molecule has 2 aromatic heterocycles. The fourth-order valence-corrected chi connectivity index (χ4v) is 5.32. The summed E-state index contributed by atoms with van der Waals surface area (Å²) in [6.45, 7) is 4.08. The van der Waals surface area contributed by atoms with E-state index in [1.54, 1.807) is 4.90 Å². The average Bonchev–Trinajstić information content (AvgIpc) is 3.47. The Morgan fingerprint density at radius 1 is 1.26 bits per heavy atom. The van der Waals surface area contributed by atoms with Gasteiger partial charge in [0, 0.05) is 50.8 Å². The van der Waals surface area contributed by atoms with Gasteiger partial charge in [0.05, 0.1) is 34.6 Å². The molecule has 10 nitrogen and oxygen atoms in total. The highest BCUT2D eigenvalue weighted by molar-refractivity contribution is 6.15. The summed E-state index contributed by atoms with van der Waals surface area (Å²) >= 11 is 0. The number of carbonyl (C=O) groups is 1. The van der Waals surface area contributed by atoms with E-state index in [9.17, 15) is 27.8 Å². The van der Waals surface area contributed by atoms with E-state index in [2.05, 4.69) is 20.3 Å². The zero-order chi connectivity index (χ0) is 28.3. The van der Waals surface area contributed by atoms with Crippen LogP contribution >= 0.6 is 0 Å². The van der Waals surface area contributed by atoms with Crippen LogP contribution in [-0.2, 0) is 6.54 Å². The number of piperazine rings is 1. The van der Waals surface area contributed by atoms with Crippen LogP contribution in [0.15, 0.2) is 24.2 Å². The molecule has 0 atom stereocenters. The summed E-state index contributed by atoms with van der Waals surface area (Å²) in [6.07, 6.45) is -0.0573. The number of rotatable bonds is 6. The first-order chi connectivity index (χ1) is 18.2. The Morgan fingerprint density at radius 3 is 2.54 bits per heavy atom. The minimum atomic E-state index is -4.30. The Kier molecular flexibility index (Phi) is 6.51. The van der Waals surface area contributed by atoms with Crippen LogP contribution in [0.25, 0.3) is 16.3 Å². The maximum atomic E-state index is 14.6. The second-order valence-corrected chi connectivity index (χ2v) is 11.4. The van der Waals surface area contributed by atoms with Crippen LogP contribution in [0.5, 0.6) is 0 Å². The number of urea groups is 1. The molecule has 3 fully saturated rings. The van der Waals surface area contributed by atoms with Crippen molar-refractivity contribution in [2.45, 2.75) is 50.6 Å². The molecule has 0 unspecified atom stereocenters. The maximum Gasteiger partial charge on any atom is 0.395 e. The third kappa shape index (κ3) is 5.25. The van der Waals surface area contributed by atoms with Crippen LogP contribution in [0.3, 0.4) is 0 Å². The number of amides is 2. The van der Waals surface area contributed by atoms with E-state index in [1.807, 2.05) is 7.05 Å². The van der Waals surface area contributed by atoms with Crippen molar-refractivity contribution in [2.75, 3.05) is 44.7 Å². The van der Waals surface area contributed by atoms with Gasteiger partial charge in [-0.2, -0.15) is 18.3 Å². The summed E-state index contributed by atoms with van der Waals surface area (Å²) in [7, 11) is 2.01. The summed E-state index contributed by atoms with van der Waals surface area (Å²) in [5, 5.41) is 18.5. The molecular formula is C25H32F4N9O-. The van der Waals surface area contributed by atoms with Crippen LogP contribution in [-0.4, -0.2) is 93.5 Å². The van der Waals surface area contributed by atoms with E-state index >= 15 is 0 Å². The predicted octanol–water partition coefficient (Wildman–Crippen LogP) is 2.83. The van der Waals surface area contributed by atoms with Gasteiger partial charge in [-0.3, -0.25) is 9.67 Å². The second kappa shape index (κ2) is 9.35. The first-order valence-electron chi connectivity index (χ1n) is 12.8. The molecule has 4 heterocycles. The Bertz CT molecular complexity index is 1320. The molecule has 1 saturated carbocycles. The van der Waals surface area contributed by atoms with Gasteiger partial charge in [0.1, 0.15) is 5.67 Å². The quantitative estimate of drug-likeness (QED) is 0.422. The summed E-state index contributed by atoms with van der Waals surface area (Å²) < 4.78 is 55.1. The SMILES string of the molecule is CN1CCN(C(=O)N/C(=C/N)C(=[N-])c2cc3c(cn2)c(N2CC(C(F)(F)F)C2)nn3CC(C)(C)F)C2(CC2)C1. The lowest BCUT2D eigenvalue weighted by Gasteiger charge is -2.41. The smallest absolute Gasteiger partial charge is 0.395 e. The lowest BCUT2D eigenvalue weighted by molar-refractivity contribution is -0.180. The van der Waals surface area contributed by atoms with E-state index in [0.717, 1.165) is 32.1 Å². The molecule has 39 heavy (non-hydrogen) atoms. The van der Waals surface area contributed by atoms with E-state index in [1.165, 1.54) is 35.7 Å². The number of hydrogen-bond donors (Lipinski definition) is 2. The highest BCUT2D eigenvalue weighted by atomic mass is 19.4. The van der Waals surface area contributed by atoms with Crippen molar-refractivity contribution in [2.24, 2.45) is 11.7 Å². The third-order valence-electron chi connectivity index (χ3n) is 7.61. The molecule has 2 aliphatic heterocycles. The average molecular weight is 551 g/mol. The number of anilines is 1. The fourth-order valence-electron chi connectivity index (χ4n) is 5.32. The molecule has 5 rings (SSSR count). The number of halogens is 4. The molecule has 14 heteroatoms. The molecule has 3 aliphatic rings. The minimum Gasteiger partial charge on any atom is -0.800 e. The first-order valence-corrected chi connectivity index (χ1v) is 12.8. The van der Waals surface area contributed by atoms with Crippen molar-refractivity contribution in [1.82, 2.24) is 29.9 Å². The van der Waals surface area contributed by atoms with Crippen LogP contribution in [0.1, 0.15) is 32.4 Å². The molecule has 0 aromatic carbocycles. The van der Waals surface area contributed by atoms with E-state index in [-0.39, 0.29) is 48.4 Å². The van der Waals surface area contributed by atoms with Gasteiger partial charge in [0.25, 0.3) is 0 Å². The summed E-state index contributed by atoms with van der Waals surface area (Å²) in [5.74, 6) is -1.20. The van der Waals surface area contributed by atoms with Crippen LogP contribution < -0.4 is 16.0 Å². The fraction of sp³-hybridized carbons (Fsp3) is 0.600. The minimum absolute atomic E-state index is 0.0418. The van der Waals surface area contributed by atoms with Crippen LogP contribution in [0.4, 0.5) is 28.2 Å². The number of carbonyl (C=O) groups excluding carboxylic acids is 1.